The second-order valence-corrected chi connectivity index (χ2v) is 8.14. The van der Waals surface area contributed by atoms with E-state index in [1.807, 2.05) is 24.5 Å². The van der Waals surface area contributed by atoms with E-state index in [0.717, 1.165) is 41.2 Å². The number of nitrogens with one attached hydrogen (secondary N) is 2. The van der Waals surface area contributed by atoms with Crippen LogP contribution in [-0.4, -0.2) is 51.4 Å². The van der Waals surface area contributed by atoms with Gasteiger partial charge in [-0.2, -0.15) is 11.8 Å². The van der Waals surface area contributed by atoms with Crippen LogP contribution in [0.5, 0.6) is 5.75 Å². The Kier molecular flexibility index (Phi) is 13.6. The smallest absolute Gasteiger partial charge is 0.191 e. The number of aliphatic imine (C=N–C) groups is 1. The highest BCUT2D eigenvalue weighted by Crippen LogP contribution is 2.17. The summed E-state index contributed by atoms with van der Waals surface area (Å²) in [5.41, 5.74) is 3.22. The Hall–Kier alpha value is -1.52. The van der Waals surface area contributed by atoms with Crippen LogP contribution in [0.15, 0.2) is 47.5 Å². The number of thioether (sulfide) groups is 1. The van der Waals surface area contributed by atoms with Gasteiger partial charge in [-0.05, 0) is 67.7 Å². The minimum atomic E-state index is -0.199. The third kappa shape index (κ3) is 10.6. The number of halogens is 2. The van der Waals surface area contributed by atoms with E-state index < -0.39 is 0 Å². The summed E-state index contributed by atoms with van der Waals surface area (Å²) in [7, 11) is 5.87. The Labute approximate surface area is 207 Å². The molecule has 2 aromatic carbocycles. The van der Waals surface area contributed by atoms with E-state index in [4.69, 9.17) is 4.74 Å². The molecule has 0 aliphatic heterocycles. The standard InChI is InChI=1S/C23H33FN4OS.HI/c1-25-23(27-16-19-8-9-21(24)14-20(19)17-30-4)26-15-18-6-10-22(11-7-18)29-13-5-12-28(2)3;/h6-11,14H,5,12-13,15-17H2,1-4H3,(H2,25,26,27);1H. The maximum atomic E-state index is 13.5. The number of nitrogens with zero attached hydrogens (tertiary/aromatic N) is 2. The van der Waals surface area contributed by atoms with Crippen molar-refractivity contribution in [3.05, 3.63) is 65.0 Å². The zero-order valence-corrected chi connectivity index (χ0v) is 21.9. The minimum absolute atomic E-state index is 0. The summed E-state index contributed by atoms with van der Waals surface area (Å²) in [4.78, 5) is 6.43. The van der Waals surface area contributed by atoms with Gasteiger partial charge < -0.3 is 20.3 Å². The van der Waals surface area contributed by atoms with Crippen molar-refractivity contribution in [3.63, 3.8) is 0 Å². The average molecular weight is 561 g/mol. The number of rotatable bonds is 11. The number of ether oxygens (including phenoxy) is 1. The summed E-state index contributed by atoms with van der Waals surface area (Å²) in [5, 5.41) is 6.62. The van der Waals surface area contributed by atoms with E-state index in [-0.39, 0.29) is 29.8 Å². The lowest BCUT2D eigenvalue weighted by atomic mass is 10.1. The zero-order chi connectivity index (χ0) is 21.8. The maximum absolute atomic E-state index is 13.5. The van der Waals surface area contributed by atoms with Crippen molar-refractivity contribution in [2.24, 2.45) is 4.99 Å². The lowest BCUT2D eigenvalue weighted by molar-refractivity contribution is 0.281. The Morgan fingerprint density at radius 3 is 2.42 bits per heavy atom. The SMILES string of the molecule is CN=C(NCc1ccc(OCCCN(C)C)cc1)NCc1ccc(F)cc1CSC.I. The molecule has 2 N–H and O–H groups in total. The normalized spacial score (nSPS) is 11.2. The third-order valence-electron chi connectivity index (χ3n) is 4.54. The molecule has 0 radical (unpaired) electrons. The van der Waals surface area contributed by atoms with Crippen molar-refractivity contribution in [3.8, 4) is 5.75 Å². The van der Waals surface area contributed by atoms with Crippen LogP contribution in [0.4, 0.5) is 4.39 Å². The first-order valence-corrected chi connectivity index (χ1v) is 11.5. The van der Waals surface area contributed by atoms with Gasteiger partial charge in [0.25, 0.3) is 0 Å². The average Bonchev–Trinajstić information content (AvgIpc) is 2.73. The molecule has 0 aromatic heterocycles. The molecule has 8 heteroatoms. The molecule has 2 rings (SSSR count). The Morgan fingerprint density at radius 2 is 1.77 bits per heavy atom. The maximum Gasteiger partial charge on any atom is 0.191 e. The topological polar surface area (TPSA) is 48.9 Å². The zero-order valence-electron chi connectivity index (χ0n) is 18.8. The van der Waals surface area contributed by atoms with E-state index in [1.54, 1.807) is 24.9 Å². The van der Waals surface area contributed by atoms with Crippen molar-refractivity contribution in [2.45, 2.75) is 25.3 Å². The van der Waals surface area contributed by atoms with Gasteiger partial charge in [-0.15, -0.1) is 24.0 Å². The van der Waals surface area contributed by atoms with Gasteiger partial charge in [0.05, 0.1) is 6.61 Å². The molecule has 172 valence electrons. The van der Waals surface area contributed by atoms with E-state index in [0.29, 0.717) is 25.7 Å². The first-order chi connectivity index (χ1) is 14.5. The van der Waals surface area contributed by atoms with Gasteiger partial charge in [0, 0.05) is 32.4 Å². The monoisotopic (exact) mass is 560 g/mol. The Morgan fingerprint density at radius 1 is 1.06 bits per heavy atom. The summed E-state index contributed by atoms with van der Waals surface area (Å²) in [6.45, 7) is 2.98. The Bertz CT molecular complexity index is 803. The molecule has 0 amide bonds. The summed E-state index contributed by atoms with van der Waals surface area (Å²) >= 11 is 1.68. The third-order valence-corrected chi connectivity index (χ3v) is 5.14. The van der Waals surface area contributed by atoms with Gasteiger partial charge >= 0.3 is 0 Å². The van der Waals surface area contributed by atoms with Crippen LogP contribution in [0.2, 0.25) is 0 Å². The Balaban J connectivity index is 0.00000480. The highest BCUT2D eigenvalue weighted by Gasteiger charge is 2.06. The molecule has 0 saturated heterocycles. The highest BCUT2D eigenvalue weighted by atomic mass is 127. The van der Waals surface area contributed by atoms with E-state index in [9.17, 15) is 4.39 Å². The molecule has 0 heterocycles. The lowest BCUT2D eigenvalue weighted by Crippen LogP contribution is -2.36. The molecular weight excluding hydrogens is 526 g/mol. The molecule has 0 spiro atoms. The second kappa shape index (κ2) is 15.3. The van der Waals surface area contributed by atoms with Crippen molar-refractivity contribution in [1.82, 2.24) is 15.5 Å². The molecule has 0 unspecified atom stereocenters. The number of hydrogen-bond donors (Lipinski definition) is 2. The summed E-state index contributed by atoms with van der Waals surface area (Å²) in [6.07, 6.45) is 3.02. The van der Waals surface area contributed by atoms with Crippen molar-refractivity contribution in [1.29, 1.82) is 0 Å². The van der Waals surface area contributed by atoms with Gasteiger partial charge in [0.15, 0.2) is 5.96 Å². The van der Waals surface area contributed by atoms with Crippen LogP contribution in [-0.2, 0) is 18.8 Å². The van der Waals surface area contributed by atoms with Crippen LogP contribution in [0.1, 0.15) is 23.1 Å². The van der Waals surface area contributed by atoms with Gasteiger partial charge in [0.1, 0.15) is 11.6 Å². The molecule has 0 aliphatic carbocycles. The molecule has 0 saturated carbocycles. The molecule has 0 atom stereocenters. The second-order valence-electron chi connectivity index (χ2n) is 7.27. The van der Waals surface area contributed by atoms with Crippen LogP contribution in [0, 0.1) is 5.82 Å². The predicted octanol–water partition coefficient (Wildman–Crippen LogP) is 4.50. The molecule has 0 aliphatic rings. The molecular formula is C23H34FIN4OS. The largest absolute Gasteiger partial charge is 0.494 e. The first kappa shape index (κ1) is 27.5. The fraction of sp³-hybridized carbons (Fsp3) is 0.435. The predicted molar refractivity (Wildman–Crippen MR) is 141 cm³/mol. The van der Waals surface area contributed by atoms with Crippen molar-refractivity contribution >= 4 is 41.7 Å². The summed E-state index contributed by atoms with van der Waals surface area (Å²) in [6, 6.07) is 13.0. The summed E-state index contributed by atoms with van der Waals surface area (Å²) in [5.74, 6) is 2.18. The molecule has 2 aromatic rings. The molecule has 0 bridgehead atoms. The highest BCUT2D eigenvalue weighted by molar-refractivity contribution is 14.0. The van der Waals surface area contributed by atoms with Crippen LogP contribution < -0.4 is 15.4 Å². The van der Waals surface area contributed by atoms with Gasteiger partial charge in [-0.1, -0.05) is 18.2 Å². The first-order valence-electron chi connectivity index (χ1n) is 10.1. The number of guanidine groups is 1. The van der Waals surface area contributed by atoms with Gasteiger partial charge in [-0.3, -0.25) is 4.99 Å². The van der Waals surface area contributed by atoms with Crippen molar-refractivity contribution < 1.29 is 9.13 Å². The van der Waals surface area contributed by atoms with Crippen molar-refractivity contribution in [2.75, 3.05) is 40.6 Å². The summed E-state index contributed by atoms with van der Waals surface area (Å²) < 4.78 is 19.3. The van der Waals surface area contributed by atoms with E-state index in [1.165, 1.54) is 6.07 Å². The fourth-order valence-corrected chi connectivity index (χ4v) is 3.50. The van der Waals surface area contributed by atoms with Gasteiger partial charge in [-0.25, -0.2) is 4.39 Å². The van der Waals surface area contributed by atoms with E-state index in [2.05, 4.69) is 46.8 Å². The van der Waals surface area contributed by atoms with E-state index >= 15 is 0 Å². The van der Waals surface area contributed by atoms with Gasteiger partial charge in [0.2, 0.25) is 0 Å². The molecule has 5 nitrogen and oxygen atoms in total. The fourth-order valence-electron chi connectivity index (χ4n) is 2.92. The molecule has 0 fully saturated rings. The lowest BCUT2D eigenvalue weighted by Gasteiger charge is -2.14. The van der Waals surface area contributed by atoms with Crippen LogP contribution >= 0.6 is 35.7 Å². The van der Waals surface area contributed by atoms with Crippen LogP contribution in [0.25, 0.3) is 0 Å². The minimum Gasteiger partial charge on any atom is -0.494 e. The number of benzene rings is 2. The quantitative estimate of drug-likeness (QED) is 0.184. The number of hydrogen-bond acceptors (Lipinski definition) is 4. The molecule has 31 heavy (non-hydrogen) atoms. The van der Waals surface area contributed by atoms with Crippen LogP contribution in [0.3, 0.4) is 0 Å².